The van der Waals surface area contributed by atoms with E-state index in [1.54, 1.807) is 6.92 Å². The predicted molar refractivity (Wildman–Crippen MR) is 30.5 cm³/mol. The van der Waals surface area contributed by atoms with Crippen LogP contribution in [0.4, 0.5) is 0 Å². The van der Waals surface area contributed by atoms with E-state index in [0.717, 1.165) is 0 Å². The van der Waals surface area contributed by atoms with Crippen LogP contribution in [0.3, 0.4) is 0 Å². The van der Waals surface area contributed by atoms with Crippen molar-refractivity contribution in [2.75, 3.05) is 13.2 Å². The molecule has 0 aromatic heterocycles. The molecular weight excluding hydrogens is 115 g/mol. The molecule has 4 heteroatoms. The summed E-state index contributed by atoms with van der Waals surface area (Å²) in [6.07, 6.45) is 0. The van der Waals surface area contributed by atoms with E-state index < -0.39 is 5.97 Å². The Morgan fingerprint density at radius 1 is 1.67 bits per heavy atom. The van der Waals surface area contributed by atoms with E-state index in [2.05, 4.69) is 4.74 Å². The normalized spacial score (nSPS) is 6.78. The van der Waals surface area contributed by atoms with Gasteiger partial charge in [-0.15, -0.1) is 0 Å². The van der Waals surface area contributed by atoms with Gasteiger partial charge >= 0.3 is 24.8 Å². The van der Waals surface area contributed by atoms with Gasteiger partial charge in [-0.25, -0.2) is 4.79 Å². The Balaban J connectivity index is -0.000000180. The second-order valence-electron chi connectivity index (χ2n) is 1.03. The summed E-state index contributed by atoms with van der Waals surface area (Å²) in [6, 6.07) is 0. The van der Waals surface area contributed by atoms with Crippen molar-refractivity contribution in [1.29, 1.82) is 0 Å². The molecule has 0 heterocycles. The fourth-order valence-corrected chi connectivity index (χ4v) is 0.189. The van der Waals surface area contributed by atoms with Crippen LogP contribution in [-0.4, -0.2) is 24.3 Å². The van der Waals surface area contributed by atoms with Crippen molar-refractivity contribution in [1.82, 2.24) is 0 Å². The van der Waals surface area contributed by atoms with Crippen molar-refractivity contribution in [2.24, 2.45) is 0 Å². The van der Waals surface area contributed by atoms with E-state index in [-0.39, 0.29) is 32.9 Å². The summed E-state index contributed by atoms with van der Waals surface area (Å²) in [5.74, 6) is -0.915. The molecule has 50 valence electrons. The van der Waals surface area contributed by atoms with Gasteiger partial charge in [-0.05, 0) is 6.92 Å². The molecule has 3 nitrogen and oxygen atoms in total. The summed E-state index contributed by atoms with van der Waals surface area (Å²) in [7, 11) is 0. The van der Waals surface area contributed by atoms with E-state index in [1.165, 1.54) is 0 Å². The molecule has 0 radical (unpaired) electrons. The number of carbonyl (C=O) groups is 1. The molecular formula is C5H11LiO3. The quantitative estimate of drug-likeness (QED) is 0.337. The maximum absolute atomic E-state index is 9.63. The molecule has 0 saturated carbocycles. The molecule has 0 saturated heterocycles. The van der Waals surface area contributed by atoms with Crippen LogP contribution >= 0.6 is 0 Å². The largest absolute Gasteiger partial charge is 1.00 e. The summed E-state index contributed by atoms with van der Waals surface area (Å²) >= 11 is 0. The van der Waals surface area contributed by atoms with Crippen LogP contribution in [0.1, 0.15) is 6.92 Å². The molecule has 1 N–H and O–H groups in total. The van der Waals surface area contributed by atoms with E-state index in [0.29, 0.717) is 6.61 Å². The first-order valence-electron chi connectivity index (χ1n) is 2.07. The van der Waals surface area contributed by atoms with Crippen molar-refractivity contribution in [2.45, 2.75) is 6.92 Å². The number of carboxylic acid groups (broad SMARTS) is 1. The summed E-state index contributed by atoms with van der Waals surface area (Å²) in [4.78, 5) is 9.63. The van der Waals surface area contributed by atoms with Crippen LogP contribution in [0.5, 0.6) is 0 Å². The molecule has 0 aliphatic rings. The standard InChI is InChI=1S/C4H8O3.CH3.Li/c1-2-7-3-4(5)6;;/h2-3H2,1H3,(H,5,6);1H3;/q;-1;+1. The van der Waals surface area contributed by atoms with E-state index in [4.69, 9.17) is 5.11 Å². The van der Waals surface area contributed by atoms with Gasteiger partial charge in [0.15, 0.2) is 0 Å². The predicted octanol–water partition coefficient (Wildman–Crippen LogP) is -2.44. The molecule has 0 bridgehead atoms. The molecule has 0 amide bonds. The van der Waals surface area contributed by atoms with Crippen molar-refractivity contribution in [3.8, 4) is 0 Å². The molecule has 0 unspecified atom stereocenters. The van der Waals surface area contributed by atoms with E-state index in [9.17, 15) is 4.79 Å². The van der Waals surface area contributed by atoms with Crippen LogP contribution < -0.4 is 18.9 Å². The average molecular weight is 126 g/mol. The zero-order valence-corrected chi connectivity index (χ0v) is 6.18. The van der Waals surface area contributed by atoms with Gasteiger partial charge in [0.1, 0.15) is 6.61 Å². The molecule has 0 aliphatic heterocycles. The molecule has 0 fully saturated rings. The SMILES string of the molecule is CCOCC(=O)O.[CH3-].[Li+]. The third kappa shape index (κ3) is 18.0. The Bertz CT molecular complexity index is 65.2. The maximum atomic E-state index is 9.63. The second-order valence-corrected chi connectivity index (χ2v) is 1.03. The first-order valence-corrected chi connectivity index (χ1v) is 2.07. The smallest absolute Gasteiger partial charge is 0.480 e. The van der Waals surface area contributed by atoms with Crippen molar-refractivity contribution in [3.05, 3.63) is 7.43 Å². The first kappa shape index (κ1) is 16.0. The molecule has 0 aromatic rings. The Morgan fingerprint density at radius 2 is 2.11 bits per heavy atom. The monoisotopic (exact) mass is 126 g/mol. The van der Waals surface area contributed by atoms with Crippen LogP contribution in [0.2, 0.25) is 0 Å². The van der Waals surface area contributed by atoms with Crippen LogP contribution in [0.25, 0.3) is 0 Å². The first-order chi connectivity index (χ1) is 3.27. The molecule has 0 atom stereocenters. The number of hydrogen-bond acceptors (Lipinski definition) is 2. The van der Waals surface area contributed by atoms with Gasteiger partial charge in [-0.3, -0.25) is 0 Å². The molecule has 0 aromatic carbocycles. The minimum atomic E-state index is -0.915. The molecule has 9 heavy (non-hydrogen) atoms. The number of ether oxygens (including phenoxy) is 1. The van der Waals surface area contributed by atoms with Crippen molar-refractivity contribution < 1.29 is 33.5 Å². The van der Waals surface area contributed by atoms with Crippen LogP contribution in [0.15, 0.2) is 0 Å². The Labute approximate surface area is 67.6 Å². The van der Waals surface area contributed by atoms with Gasteiger partial charge in [-0.2, -0.15) is 0 Å². The number of rotatable bonds is 3. The molecule has 0 spiro atoms. The topological polar surface area (TPSA) is 46.5 Å². The summed E-state index contributed by atoms with van der Waals surface area (Å²) in [5.41, 5.74) is 0. The fourth-order valence-electron chi connectivity index (χ4n) is 0.189. The minimum Gasteiger partial charge on any atom is -0.480 e. The minimum absolute atomic E-state index is 0. The van der Waals surface area contributed by atoms with Gasteiger partial charge in [0.25, 0.3) is 0 Å². The number of carboxylic acids is 1. The molecule has 0 rings (SSSR count). The zero-order chi connectivity index (χ0) is 5.70. The van der Waals surface area contributed by atoms with Crippen molar-refractivity contribution >= 4 is 5.97 Å². The van der Waals surface area contributed by atoms with Crippen molar-refractivity contribution in [3.63, 3.8) is 0 Å². The van der Waals surface area contributed by atoms with Gasteiger partial charge < -0.3 is 17.3 Å². The van der Waals surface area contributed by atoms with Gasteiger partial charge in [0.05, 0.1) is 0 Å². The second kappa shape index (κ2) is 10.9. The van der Waals surface area contributed by atoms with Gasteiger partial charge in [-0.1, -0.05) is 0 Å². The maximum Gasteiger partial charge on any atom is 1.00 e. The fraction of sp³-hybridized carbons (Fsp3) is 0.600. The van der Waals surface area contributed by atoms with Gasteiger partial charge in [0.2, 0.25) is 0 Å². The Kier molecular flexibility index (Phi) is 19.4. The zero-order valence-electron chi connectivity index (χ0n) is 6.18. The van der Waals surface area contributed by atoms with E-state index >= 15 is 0 Å². The number of aliphatic carboxylic acids is 1. The Morgan fingerprint density at radius 3 is 2.22 bits per heavy atom. The van der Waals surface area contributed by atoms with Gasteiger partial charge in [0, 0.05) is 6.61 Å². The Hall–Kier alpha value is 0.0274. The van der Waals surface area contributed by atoms with Crippen LogP contribution in [-0.2, 0) is 9.53 Å². The third-order valence-electron chi connectivity index (χ3n) is 0.430. The average Bonchev–Trinajstić information content (AvgIpc) is 1.61. The number of hydrogen-bond donors (Lipinski definition) is 1. The summed E-state index contributed by atoms with van der Waals surface area (Å²) in [6.45, 7) is 2.03. The van der Waals surface area contributed by atoms with Crippen LogP contribution in [0, 0.1) is 7.43 Å². The third-order valence-corrected chi connectivity index (χ3v) is 0.430. The van der Waals surface area contributed by atoms with E-state index in [1.807, 2.05) is 0 Å². The summed E-state index contributed by atoms with van der Waals surface area (Å²) < 4.78 is 4.50. The summed E-state index contributed by atoms with van der Waals surface area (Å²) in [5, 5.41) is 7.92. The molecule has 0 aliphatic carbocycles.